The minimum absolute atomic E-state index is 0.660. The molecule has 0 unspecified atom stereocenters. The molecule has 0 saturated carbocycles. The van der Waals surface area contributed by atoms with Crippen LogP contribution < -0.4 is 5.32 Å². The standard InChI is InChI=1S/C18H21N5S/c1-23(2)10-5-9-20-18-21-13-15(16-7-4-11-24-16)17(22-18)14-6-3-8-19-12-14/h3-4,6-8,11-13H,5,9-10H2,1-2H3,(H,20,21,22). The number of anilines is 1. The van der Waals surface area contributed by atoms with Gasteiger partial charge in [0.15, 0.2) is 0 Å². The van der Waals surface area contributed by atoms with Gasteiger partial charge in [0.25, 0.3) is 0 Å². The lowest BCUT2D eigenvalue weighted by Gasteiger charge is -2.12. The van der Waals surface area contributed by atoms with E-state index in [4.69, 9.17) is 4.98 Å². The number of thiophene rings is 1. The van der Waals surface area contributed by atoms with Gasteiger partial charge >= 0.3 is 0 Å². The fourth-order valence-corrected chi connectivity index (χ4v) is 3.13. The van der Waals surface area contributed by atoms with Gasteiger partial charge in [0, 0.05) is 41.1 Å². The van der Waals surface area contributed by atoms with Crippen LogP contribution in [0.15, 0.2) is 48.2 Å². The smallest absolute Gasteiger partial charge is 0.223 e. The Morgan fingerprint density at radius 2 is 2.08 bits per heavy atom. The van der Waals surface area contributed by atoms with Crippen LogP contribution in [0.3, 0.4) is 0 Å². The van der Waals surface area contributed by atoms with Crippen molar-refractivity contribution in [3.63, 3.8) is 0 Å². The van der Waals surface area contributed by atoms with E-state index >= 15 is 0 Å². The van der Waals surface area contributed by atoms with E-state index in [1.165, 1.54) is 0 Å². The SMILES string of the molecule is CN(C)CCCNc1ncc(-c2cccs2)c(-c2cccnc2)n1. The summed E-state index contributed by atoms with van der Waals surface area (Å²) in [6, 6.07) is 8.09. The van der Waals surface area contributed by atoms with Crippen LogP contribution in [0.2, 0.25) is 0 Å². The first-order valence-electron chi connectivity index (χ1n) is 7.94. The van der Waals surface area contributed by atoms with Crippen LogP contribution in [-0.2, 0) is 0 Å². The Labute approximate surface area is 146 Å². The molecule has 3 rings (SSSR count). The molecule has 0 aromatic carbocycles. The van der Waals surface area contributed by atoms with E-state index in [1.807, 2.05) is 30.6 Å². The molecule has 0 radical (unpaired) electrons. The van der Waals surface area contributed by atoms with Crippen LogP contribution >= 0.6 is 11.3 Å². The largest absolute Gasteiger partial charge is 0.354 e. The molecule has 0 fully saturated rings. The molecule has 0 spiro atoms. The summed E-state index contributed by atoms with van der Waals surface area (Å²) in [6.45, 7) is 1.89. The summed E-state index contributed by atoms with van der Waals surface area (Å²) in [4.78, 5) is 16.8. The first kappa shape index (κ1) is 16.5. The van der Waals surface area contributed by atoms with E-state index in [0.29, 0.717) is 5.95 Å². The summed E-state index contributed by atoms with van der Waals surface area (Å²) in [5.41, 5.74) is 2.95. The van der Waals surface area contributed by atoms with Gasteiger partial charge in [0.05, 0.1) is 5.69 Å². The molecule has 0 bridgehead atoms. The Hall–Kier alpha value is -2.31. The van der Waals surface area contributed by atoms with E-state index in [9.17, 15) is 0 Å². The summed E-state index contributed by atoms with van der Waals surface area (Å²) < 4.78 is 0. The number of hydrogen-bond donors (Lipinski definition) is 1. The van der Waals surface area contributed by atoms with Gasteiger partial charge in [-0.1, -0.05) is 6.07 Å². The predicted molar refractivity (Wildman–Crippen MR) is 100 cm³/mol. The summed E-state index contributed by atoms with van der Waals surface area (Å²) in [6.07, 6.45) is 6.56. The number of nitrogens with zero attached hydrogens (tertiary/aromatic N) is 4. The molecule has 6 heteroatoms. The Morgan fingerprint density at radius 1 is 1.17 bits per heavy atom. The second-order valence-electron chi connectivity index (χ2n) is 5.76. The van der Waals surface area contributed by atoms with E-state index in [0.717, 1.165) is 41.2 Å². The minimum Gasteiger partial charge on any atom is -0.354 e. The van der Waals surface area contributed by atoms with Crippen LogP contribution in [0.4, 0.5) is 5.95 Å². The molecule has 0 aliphatic rings. The Balaban J connectivity index is 1.86. The van der Waals surface area contributed by atoms with Crippen molar-refractivity contribution in [3.8, 4) is 21.7 Å². The van der Waals surface area contributed by atoms with Gasteiger partial charge in [0.2, 0.25) is 5.95 Å². The highest BCUT2D eigenvalue weighted by Crippen LogP contribution is 2.33. The molecule has 0 aliphatic heterocycles. The van der Waals surface area contributed by atoms with Gasteiger partial charge < -0.3 is 10.2 Å². The van der Waals surface area contributed by atoms with Crippen LogP contribution in [0, 0.1) is 0 Å². The predicted octanol–water partition coefficient (Wildman–Crippen LogP) is 3.63. The zero-order valence-electron chi connectivity index (χ0n) is 13.9. The lowest BCUT2D eigenvalue weighted by atomic mass is 10.1. The van der Waals surface area contributed by atoms with Gasteiger partial charge in [-0.3, -0.25) is 4.98 Å². The number of hydrogen-bond acceptors (Lipinski definition) is 6. The molecule has 0 atom stereocenters. The first-order valence-corrected chi connectivity index (χ1v) is 8.82. The van der Waals surface area contributed by atoms with Crippen molar-refractivity contribution >= 4 is 17.3 Å². The van der Waals surface area contributed by atoms with E-state index in [-0.39, 0.29) is 0 Å². The maximum absolute atomic E-state index is 4.75. The highest BCUT2D eigenvalue weighted by Gasteiger charge is 2.12. The van der Waals surface area contributed by atoms with Gasteiger partial charge in [0.1, 0.15) is 0 Å². The fraction of sp³-hybridized carbons (Fsp3) is 0.278. The quantitative estimate of drug-likeness (QED) is 0.666. The number of rotatable bonds is 7. The molecular formula is C18H21N5S. The molecule has 3 heterocycles. The third kappa shape index (κ3) is 4.15. The molecule has 5 nitrogen and oxygen atoms in total. The lowest BCUT2D eigenvalue weighted by molar-refractivity contribution is 0.405. The van der Waals surface area contributed by atoms with Gasteiger partial charge in [-0.25, -0.2) is 9.97 Å². The summed E-state index contributed by atoms with van der Waals surface area (Å²) >= 11 is 1.69. The highest BCUT2D eigenvalue weighted by atomic mass is 32.1. The van der Waals surface area contributed by atoms with Crippen molar-refractivity contribution in [2.45, 2.75) is 6.42 Å². The minimum atomic E-state index is 0.660. The van der Waals surface area contributed by atoms with Crippen LogP contribution in [-0.4, -0.2) is 47.0 Å². The van der Waals surface area contributed by atoms with E-state index in [1.54, 1.807) is 17.5 Å². The molecular weight excluding hydrogens is 318 g/mol. The van der Waals surface area contributed by atoms with Crippen molar-refractivity contribution in [1.29, 1.82) is 0 Å². The first-order chi connectivity index (χ1) is 11.7. The van der Waals surface area contributed by atoms with Gasteiger partial charge in [-0.15, -0.1) is 11.3 Å². The molecule has 0 aliphatic carbocycles. The molecule has 0 saturated heterocycles. The summed E-state index contributed by atoms with van der Waals surface area (Å²) in [7, 11) is 4.15. The third-order valence-electron chi connectivity index (χ3n) is 3.58. The normalized spacial score (nSPS) is 11.0. The molecule has 0 amide bonds. The number of nitrogens with one attached hydrogen (secondary N) is 1. The van der Waals surface area contributed by atoms with Gasteiger partial charge in [-0.2, -0.15) is 0 Å². The van der Waals surface area contributed by atoms with Crippen molar-refractivity contribution in [1.82, 2.24) is 19.9 Å². The van der Waals surface area contributed by atoms with Crippen molar-refractivity contribution in [3.05, 3.63) is 48.2 Å². The number of aromatic nitrogens is 3. The Morgan fingerprint density at radius 3 is 2.79 bits per heavy atom. The topological polar surface area (TPSA) is 53.9 Å². The molecule has 3 aromatic heterocycles. The second-order valence-corrected chi connectivity index (χ2v) is 6.71. The third-order valence-corrected chi connectivity index (χ3v) is 4.48. The van der Waals surface area contributed by atoms with Crippen molar-refractivity contribution in [2.24, 2.45) is 0 Å². The van der Waals surface area contributed by atoms with E-state index < -0.39 is 0 Å². The second kappa shape index (κ2) is 7.99. The summed E-state index contributed by atoms with van der Waals surface area (Å²) in [5.74, 6) is 0.660. The van der Waals surface area contributed by atoms with Crippen LogP contribution in [0.1, 0.15) is 6.42 Å². The highest BCUT2D eigenvalue weighted by molar-refractivity contribution is 7.13. The molecule has 3 aromatic rings. The maximum atomic E-state index is 4.75. The lowest BCUT2D eigenvalue weighted by Crippen LogP contribution is -2.17. The molecule has 124 valence electrons. The Bertz CT molecular complexity index is 756. The number of pyridine rings is 1. The fourth-order valence-electron chi connectivity index (χ4n) is 2.40. The molecule has 1 N–H and O–H groups in total. The summed E-state index contributed by atoms with van der Waals surface area (Å²) in [5, 5.41) is 5.38. The van der Waals surface area contributed by atoms with Gasteiger partial charge in [-0.05, 0) is 50.6 Å². The van der Waals surface area contributed by atoms with Crippen LogP contribution in [0.25, 0.3) is 21.7 Å². The van der Waals surface area contributed by atoms with E-state index in [2.05, 4.69) is 45.7 Å². The average Bonchev–Trinajstić information content (AvgIpc) is 3.14. The Kier molecular flexibility index (Phi) is 5.51. The van der Waals surface area contributed by atoms with Crippen molar-refractivity contribution in [2.75, 3.05) is 32.5 Å². The zero-order chi connectivity index (χ0) is 16.8. The van der Waals surface area contributed by atoms with Crippen LogP contribution in [0.5, 0.6) is 0 Å². The molecule has 24 heavy (non-hydrogen) atoms. The van der Waals surface area contributed by atoms with Crippen molar-refractivity contribution < 1.29 is 0 Å². The zero-order valence-corrected chi connectivity index (χ0v) is 14.8. The monoisotopic (exact) mass is 339 g/mol. The maximum Gasteiger partial charge on any atom is 0.223 e. The average molecular weight is 339 g/mol.